The van der Waals surface area contributed by atoms with Gasteiger partial charge in [0, 0.05) is 23.6 Å². The van der Waals surface area contributed by atoms with Crippen molar-refractivity contribution < 1.29 is 4.79 Å². The molecule has 2 heterocycles. The van der Waals surface area contributed by atoms with Gasteiger partial charge in [-0.2, -0.15) is 5.10 Å². The molecule has 0 fully saturated rings. The molecule has 0 atom stereocenters. The van der Waals surface area contributed by atoms with E-state index in [1.165, 1.54) is 0 Å². The smallest absolute Gasteiger partial charge is 0.255 e. The summed E-state index contributed by atoms with van der Waals surface area (Å²) < 4.78 is 1.76. The lowest BCUT2D eigenvalue weighted by atomic mass is 10.1. The Hall–Kier alpha value is -3.54. The fraction of sp³-hybridized carbons (Fsp3) is 0.100. The number of rotatable bonds is 3. The molecule has 4 rings (SSSR count). The van der Waals surface area contributed by atoms with Crippen molar-refractivity contribution in [3.8, 4) is 5.69 Å². The zero-order chi connectivity index (χ0) is 18.1. The van der Waals surface area contributed by atoms with E-state index in [0.29, 0.717) is 5.56 Å². The Kier molecular flexibility index (Phi) is 3.93. The first kappa shape index (κ1) is 16.0. The molecule has 4 aromatic rings. The fourth-order valence-corrected chi connectivity index (χ4v) is 2.69. The van der Waals surface area contributed by atoms with E-state index in [4.69, 9.17) is 0 Å². The molecule has 128 valence electrons. The predicted octanol–water partition coefficient (Wildman–Crippen LogP) is 3.68. The van der Waals surface area contributed by atoms with Crippen molar-refractivity contribution in [3.05, 3.63) is 77.9 Å². The van der Waals surface area contributed by atoms with E-state index >= 15 is 0 Å². The van der Waals surface area contributed by atoms with Crippen LogP contribution >= 0.6 is 0 Å². The van der Waals surface area contributed by atoms with Crippen LogP contribution in [-0.2, 0) is 0 Å². The normalized spacial score (nSPS) is 10.8. The van der Waals surface area contributed by atoms with Gasteiger partial charge in [-0.05, 0) is 62.4 Å². The van der Waals surface area contributed by atoms with Crippen molar-refractivity contribution in [1.82, 2.24) is 19.7 Å². The van der Waals surface area contributed by atoms with Crippen LogP contribution in [0.4, 0.5) is 5.69 Å². The summed E-state index contributed by atoms with van der Waals surface area (Å²) in [6.45, 7) is 3.84. The van der Waals surface area contributed by atoms with Crippen LogP contribution in [0.25, 0.3) is 16.7 Å². The molecule has 0 unspecified atom stereocenters. The van der Waals surface area contributed by atoms with Gasteiger partial charge >= 0.3 is 0 Å². The predicted molar refractivity (Wildman–Crippen MR) is 101 cm³/mol. The SMILES string of the molecule is Cc1nc2ccc(C(=O)Nc3ccc(-n4cccn4)cc3)cc2nc1C. The van der Waals surface area contributed by atoms with Crippen molar-refractivity contribution in [3.63, 3.8) is 0 Å². The number of hydrogen-bond donors (Lipinski definition) is 1. The van der Waals surface area contributed by atoms with Gasteiger partial charge in [0.1, 0.15) is 0 Å². The molecule has 0 aliphatic carbocycles. The van der Waals surface area contributed by atoms with Crippen LogP contribution in [-0.4, -0.2) is 25.7 Å². The van der Waals surface area contributed by atoms with Gasteiger partial charge in [0.25, 0.3) is 5.91 Å². The summed E-state index contributed by atoms with van der Waals surface area (Å²) >= 11 is 0. The number of aryl methyl sites for hydroxylation is 2. The quantitative estimate of drug-likeness (QED) is 0.616. The number of nitrogens with zero attached hydrogens (tertiary/aromatic N) is 4. The average molecular weight is 343 g/mol. The van der Waals surface area contributed by atoms with Crippen LogP contribution in [0.2, 0.25) is 0 Å². The number of carbonyl (C=O) groups excluding carboxylic acids is 1. The van der Waals surface area contributed by atoms with E-state index in [-0.39, 0.29) is 5.91 Å². The molecular weight excluding hydrogens is 326 g/mol. The van der Waals surface area contributed by atoms with Crippen LogP contribution in [0, 0.1) is 13.8 Å². The molecule has 2 aromatic heterocycles. The highest BCUT2D eigenvalue weighted by Gasteiger charge is 2.09. The minimum Gasteiger partial charge on any atom is -0.322 e. The van der Waals surface area contributed by atoms with Crippen molar-refractivity contribution in [2.24, 2.45) is 0 Å². The van der Waals surface area contributed by atoms with Crippen LogP contribution in [0.1, 0.15) is 21.7 Å². The first-order valence-corrected chi connectivity index (χ1v) is 8.26. The van der Waals surface area contributed by atoms with Crippen LogP contribution < -0.4 is 5.32 Å². The van der Waals surface area contributed by atoms with Crippen LogP contribution in [0.5, 0.6) is 0 Å². The summed E-state index contributed by atoms with van der Waals surface area (Å²) in [6, 6.07) is 14.7. The largest absolute Gasteiger partial charge is 0.322 e. The zero-order valence-corrected chi connectivity index (χ0v) is 14.5. The number of aromatic nitrogens is 4. The summed E-state index contributed by atoms with van der Waals surface area (Å²) in [6.07, 6.45) is 3.59. The van der Waals surface area contributed by atoms with Crippen LogP contribution in [0.15, 0.2) is 60.9 Å². The maximum Gasteiger partial charge on any atom is 0.255 e. The lowest BCUT2D eigenvalue weighted by Gasteiger charge is -2.08. The van der Waals surface area contributed by atoms with Crippen molar-refractivity contribution in [1.29, 1.82) is 0 Å². The minimum atomic E-state index is -0.182. The second-order valence-electron chi connectivity index (χ2n) is 6.05. The lowest BCUT2D eigenvalue weighted by Crippen LogP contribution is -2.12. The maximum absolute atomic E-state index is 12.5. The summed E-state index contributed by atoms with van der Waals surface area (Å²) in [4.78, 5) is 21.6. The number of anilines is 1. The third-order valence-corrected chi connectivity index (χ3v) is 4.23. The molecule has 6 nitrogen and oxygen atoms in total. The highest BCUT2D eigenvalue weighted by molar-refractivity contribution is 6.05. The lowest BCUT2D eigenvalue weighted by molar-refractivity contribution is 0.102. The summed E-state index contributed by atoms with van der Waals surface area (Å²) in [5.41, 5.74) is 5.46. The molecule has 1 amide bonds. The van der Waals surface area contributed by atoms with Crippen molar-refractivity contribution in [2.75, 3.05) is 5.32 Å². The minimum absolute atomic E-state index is 0.182. The fourth-order valence-electron chi connectivity index (χ4n) is 2.69. The van der Waals surface area contributed by atoms with Crippen LogP contribution in [0.3, 0.4) is 0 Å². The van der Waals surface area contributed by atoms with Gasteiger partial charge in [0.05, 0.1) is 28.1 Å². The number of amides is 1. The van der Waals surface area contributed by atoms with E-state index in [1.54, 1.807) is 23.0 Å². The molecule has 2 aromatic carbocycles. The van der Waals surface area contributed by atoms with Gasteiger partial charge < -0.3 is 5.32 Å². The van der Waals surface area contributed by atoms with Gasteiger partial charge in [-0.15, -0.1) is 0 Å². The Morgan fingerprint density at radius 2 is 1.69 bits per heavy atom. The molecule has 0 aliphatic heterocycles. The number of fused-ring (bicyclic) bond motifs is 1. The van der Waals surface area contributed by atoms with E-state index in [0.717, 1.165) is 33.8 Å². The molecule has 26 heavy (non-hydrogen) atoms. The molecule has 6 heteroatoms. The number of benzene rings is 2. The highest BCUT2D eigenvalue weighted by atomic mass is 16.1. The highest BCUT2D eigenvalue weighted by Crippen LogP contribution is 2.17. The zero-order valence-electron chi connectivity index (χ0n) is 14.5. The summed E-state index contributed by atoms with van der Waals surface area (Å²) in [5, 5.41) is 7.09. The molecule has 1 N–H and O–H groups in total. The Morgan fingerprint density at radius 1 is 0.962 bits per heavy atom. The Balaban J connectivity index is 1.56. The Morgan fingerprint density at radius 3 is 2.38 bits per heavy atom. The Bertz CT molecular complexity index is 1090. The third kappa shape index (κ3) is 3.04. The van der Waals surface area contributed by atoms with Crippen molar-refractivity contribution in [2.45, 2.75) is 13.8 Å². The first-order chi connectivity index (χ1) is 12.6. The average Bonchev–Trinajstić information content (AvgIpc) is 3.17. The second kappa shape index (κ2) is 6.40. The monoisotopic (exact) mass is 343 g/mol. The molecule has 0 radical (unpaired) electrons. The van der Waals surface area contributed by atoms with Crippen molar-refractivity contribution >= 4 is 22.6 Å². The number of hydrogen-bond acceptors (Lipinski definition) is 4. The summed E-state index contributed by atoms with van der Waals surface area (Å²) in [7, 11) is 0. The topological polar surface area (TPSA) is 72.7 Å². The third-order valence-electron chi connectivity index (χ3n) is 4.23. The summed E-state index contributed by atoms with van der Waals surface area (Å²) in [5.74, 6) is -0.182. The molecule has 0 aliphatic rings. The molecule has 0 saturated carbocycles. The van der Waals surface area contributed by atoms with Gasteiger partial charge in [-0.1, -0.05) is 0 Å². The number of carbonyl (C=O) groups is 1. The molecule has 0 saturated heterocycles. The van der Waals surface area contributed by atoms with Gasteiger partial charge in [-0.25, -0.2) is 14.6 Å². The molecule has 0 bridgehead atoms. The number of nitrogens with one attached hydrogen (secondary N) is 1. The maximum atomic E-state index is 12.5. The van der Waals surface area contributed by atoms with Gasteiger partial charge in [-0.3, -0.25) is 4.79 Å². The van der Waals surface area contributed by atoms with E-state index in [9.17, 15) is 4.79 Å². The van der Waals surface area contributed by atoms with E-state index < -0.39 is 0 Å². The first-order valence-electron chi connectivity index (χ1n) is 8.26. The molecule has 0 spiro atoms. The molecular formula is C20H17N5O. The second-order valence-corrected chi connectivity index (χ2v) is 6.05. The van der Waals surface area contributed by atoms with E-state index in [1.807, 2.05) is 56.4 Å². The van der Waals surface area contributed by atoms with E-state index in [2.05, 4.69) is 20.4 Å². The Labute approximate surface area is 150 Å². The van der Waals surface area contributed by atoms with Gasteiger partial charge in [0.15, 0.2) is 0 Å². The standard InChI is InChI=1S/C20H17N5O/c1-13-14(2)23-19-12-15(4-9-18(19)22-13)20(26)24-16-5-7-17(8-6-16)25-11-3-10-21-25/h3-12H,1-2H3,(H,24,26). The van der Waals surface area contributed by atoms with Gasteiger partial charge in [0.2, 0.25) is 0 Å².